The fraction of sp³-hybridized carbons (Fsp3) is 0.923. The van der Waals surface area contributed by atoms with Crippen LogP contribution in [0.15, 0.2) is 0 Å². The van der Waals surface area contributed by atoms with Gasteiger partial charge >= 0.3 is 0 Å². The predicted octanol–water partition coefficient (Wildman–Crippen LogP) is 3.52. The van der Waals surface area contributed by atoms with E-state index in [2.05, 4.69) is 25.7 Å². The van der Waals surface area contributed by atoms with Gasteiger partial charge in [-0.15, -0.1) is 0 Å². The minimum atomic E-state index is 0.810. The zero-order chi connectivity index (χ0) is 11.3. The summed E-state index contributed by atoms with van der Waals surface area (Å²) in [6.07, 6.45) is 5.96. The molecular weight excluding hydrogens is 184 g/mol. The zero-order valence-electron chi connectivity index (χ0n) is 10.6. The molecule has 1 fully saturated rings. The lowest BCUT2D eigenvalue weighted by atomic mass is 9.89. The molecule has 0 radical (unpaired) electrons. The fourth-order valence-corrected chi connectivity index (χ4v) is 2.45. The summed E-state index contributed by atoms with van der Waals surface area (Å²) in [4.78, 5) is 2.30. The summed E-state index contributed by atoms with van der Waals surface area (Å²) in [5.41, 5.74) is 0. The molecular formula is C13H26N2. The SMILES string of the molecule is CCCC(=N)N1CCCC(C(C)C)CC1. The first-order valence-corrected chi connectivity index (χ1v) is 6.47. The van der Waals surface area contributed by atoms with E-state index in [0.717, 1.165) is 43.6 Å². The second-order valence-corrected chi connectivity index (χ2v) is 5.12. The molecule has 1 unspecified atom stereocenters. The maximum atomic E-state index is 7.98. The Balaban J connectivity index is 2.42. The molecule has 0 amide bonds. The first-order chi connectivity index (χ1) is 7.15. The smallest absolute Gasteiger partial charge is 0.0957 e. The number of nitrogens with one attached hydrogen (secondary N) is 1. The van der Waals surface area contributed by atoms with Crippen LogP contribution in [-0.2, 0) is 0 Å². The number of rotatable bonds is 3. The topological polar surface area (TPSA) is 27.1 Å². The van der Waals surface area contributed by atoms with Crippen molar-refractivity contribution in [2.75, 3.05) is 13.1 Å². The molecule has 0 bridgehead atoms. The molecule has 1 rings (SSSR count). The Kier molecular flexibility index (Phi) is 5.13. The Morgan fingerprint density at radius 1 is 1.33 bits per heavy atom. The van der Waals surface area contributed by atoms with Crippen LogP contribution in [0, 0.1) is 17.2 Å². The van der Waals surface area contributed by atoms with E-state index < -0.39 is 0 Å². The van der Waals surface area contributed by atoms with Crippen molar-refractivity contribution in [2.24, 2.45) is 11.8 Å². The third-order valence-corrected chi connectivity index (χ3v) is 3.58. The van der Waals surface area contributed by atoms with Crippen molar-refractivity contribution in [1.29, 1.82) is 5.41 Å². The molecule has 15 heavy (non-hydrogen) atoms. The summed E-state index contributed by atoms with van der Waals surface area (Å²) in [6.45, 7) is 9.04. The second-order valence-electron chi connectivity index (χ2n) is 5.12. The van der Waals surface area contributed by atoms with Crippen LogP contribution in [0.3, 0.4) is 0 Å². The van der Waals surface area contributed by atoms with E-state index in [9.17, 15) is 0 Å². The average molecular weight is 210 g/mol. The average Bonchev–Trinajstić information content (AvgIpc) is 2.43. The van der Waals surface area contributed by atoms with Gasteiger partial charge in [-0.3, -0.25) is 5.41 Å². The normalized spacial score (nSPS) is 22.9. The monoisotopic (exact) mass is 210 g/mol. The van der Waals surface area contributed by atoms with Crippen molar-refractivity contribution in [1.82, 2.24) is 4.90 Å². The highest BCUT2D eigenvalue weighted by Gasteiger charge is 2.20. The van der Waals surface area contributed by atoms with Gasteiger partial charge in [0.2, 0.25) is 0 Å². The summed E-state index contributed by atoms with van der Waals surface area (Å²) < 4.78 is 0. The van der Waals surface area contributed by atoms with Gasteiger partial charge in [0, 0.05) is 19.5 Å². The van der Waals surface area contributed by atoms with Crippen LogP contribution in [0.1, 0.15) is 52.9 Å². The summed E-state index contributed by atoms with van der Waals surface area (Å²) >= 11 is 0. The van der Waals surface area contributed by atoms with Gasteiger partial charge in [0.15, 0.2) is 0 Å². The largest absolute Gasteiger partial charge is 0.361 e. The summed E-state index contributed by atoms with van der Waals surface area (Å²) in [7, 11) is 0. The van der Waals surface area contributed by atoms with Gasteiger partial charge in [-0.1, -0.05) is 20.8 Å². The lowest BCUT2D eigenvalue weighted by molar-refractivity contribution is 0.338. The van der Waals surface area contributed by atoms with Gasteiger partial charge in [-0.05, 0) is 37.5 Å². The van der Waals surface area contributed by atoms with Gasteiger partial charge in [-0.25, -0.2) is 0 Å². The molecule has 0 aliphatic carbocycles. The quantitative estimate of drug-likeness (QED) is 0.560. The molecule has 0 aromatic rings. The van der Waals surface area contributed by atoms with Gasteiger partial charge in [-0.2, -0.15) is 0 Å². The van der Waals surface area contributed by atoms with Crippen molar-refractivity contribution in [3.63, 3.8) is 0 Å². The van der Waals surface area contributed by atoms with Gasteiger partial charge in [0.1, 0.15) is 0 Å². The first kappa shape index (κ1) is 12.5. The molecule has 0 aromatic heterocycles. The van der Waals surface area contributed by atoms with Crippen LogP contribution in [-0.4, -0.2) is 23.8 Å². The Labute approximate surface area is 94.6 Å². The lowest BCUT2D eigenvalue weighted by Gasteiger charge is -2.23. The molecule has 1 aliphatic heterocycles. The van der Waals surface area contributed by atoms with Gasteiger partial charge in [0.25, 0.3) is 0 Å². The van der Waals surface area contributed by atoms with Crippen molar-refractivity contribution >= 4 is 5.84 Å². The highest BCUT2D eigenvalue weighted by atomic mass is 15.2. The molecule has 1 aliphatic rings. The van der Waals surface area contributed by atoms with Crippen molar-refractivity contribution in [2.45, 2.75) is 52.9 Å². The standard InChI is InChI=1S/C13H26N2/c1-4-6-13(14)15-9-5-7-12(8-10-15)11(2)3/h11-12,14H,4-10H2,1-3H3. The maximum absolute atomic E-state index is 7.98. The van der Waals surface area contributed by atoms with Gasteiger partial charge in [0.05, 0.1) is 5.84 Å². The van der Waals surface area contributed by atoms with Crippen LogP contribution in [0.25, 0.3) is 0 Å². The van der Waals surface area contributed by atoms with Crippen LogP contribution in [0.2, 0.25) is 0 Å². The number of amidine groups is 1. The summed E-state index contributed by atoms with van der Waals surface area (Å²) in [5, 5.41) is 7.98. The van der Waals surface area contributed by atoms with Crippen LogP contribution < -0.4 is 0 Å². The Hall–Kier alpha value is -0.530. The highest BCUT2D eigenvalue weighted by Crippen LogP contribution is 2.24. The minimum absolute atomic E-state index is 0.810. The van der Waals surface area contributed by atoms with Gasteiger partial charge < -0.3 is 4.90 Å². The van der Waals surface area contributed by atoms with Crippen LogP contribution in [0.5, 0.6) is 0 Å². The highest BCUT2D eigenvalue weighted by molar-refractivity contribution is 5.79. The number of nitrogens with zero attached hydrogens (tertiary/aromatic N) is 1. The fourth-order valence-electron chi connectivity index (χ4n) is 2.45. The lowest BCUT2D eigenvalue weighted by Crippen LogP contribution is -2.31. The van der Waals surface area contributed by atoms with E-state index >= 15 is 0 Å². The van der Waals surface area contributed by atoms with Crippen molar-refractivity contribution < 1.29 is 0 Å². The molecule has 1 atom stereocenters. The molecule has 2 nitrogen and oxygen atoms in total. The number of hydrogen-bond acceptors (Lipinski definition) is 1. The number of likely N-dealkylation sites (tertiary alicyclic amines) is 1. The minimum Gasteiger partial charge on any atom is -0.361 e. The molecule has 2 heteroatoms. The van der Waals surface area contributed by atoms with Crippen LogP contribution in [0.4, 0.5) is 0 Å². The third-order valence-electron chi connectivity index (χ3n) is 3.58. The van der Waals surface area contributed by atoms with E-state index in [0.29, 0.717) is 0 Å². The third kappa shape index (κ3) is 3.84. The van der Waals surface area contributed by atoms with E-state index in [1.807, 2.05) is 0 Å². The molecule has 88 valence electrons. The van der Waals surface area contributed by atoms with Crippen LogP contribution >= 0.6 is 0 Å². The van der Waals surface area contributed by atoms with Crippen molar-refractivity contribution in [3.05, 3.63) is 0 Å². The first-order valence-electron chi connectivity index (χ1n) is 6.47. The zero-order valence-corrected chi connectivity index (χ0v) is 10.6. The second kappa shape index (κ2) is 6.14. The maximum Gasteiger partial charge on any atom is 0.0957 e. The van der Waals surface area contributed by atoms with E-state index in [4.69, 9.17) is 5.41 Å². The number of hydrogen-bond donors (Lipinski definition) is 1. The van der Waals surface area contributed by atoms with E-state index in [-0.39, 0.29) is 0 Å². The predicted molar refractivity (Wildman–Crippen MR) is 66.4 cm³/mol. The molecule has 0 saturated carbocycles. The Morgan fingerprint density at radius 2 is 2.07 bits per heavy atom. The Morgan fingerprint density at radius 3 is 2.67 bits per heavy atom. The van der Waals surface area contributed by atoms with E-state index in [1.54, 1.807) is 0 Å². The van der Waals surface area contributed by atoms with E-state index in [1.165, 1.54) is 19.3 Å². The molecule has 0 aromatic carbocycles. The molecule has 0 spiro atoms. The summed E-state index contributed by atoms with van der Waals surface area (Å²) in [6, 6.07) is 0. The molecule has 1 N–H and O–H groups in total. The summed E-state index contributed by atoms with van der Waals surface area (Å²) in [5.74, 6) is 2.55. The molecule has 1 heterocycles. The molecule has 1 saturated heterocycles. The Bertz CT molecular complexity index is 199. The van der Waals surface area contributed by atoms with Crippen molar-refractivity contribution in [3.8, 4) is 0 Å².